The highest BCUT2D eigenvalue weighted by Gasteiger charge is 2.22. The average Bonchev–Trinajstić information content (AvgIpc) is 2.99. The molecule has 1 amide bonds. The lowest BCUT2D eigenvalue weighted by Gasteiger charge is -2.24. The number of ether oxygens (including phenoxy) is 2. The van der Waals surface area contributed by atoms with E-state index < -0.39 is 0 Å². The Morgan fingerprint density at radius 1 is 0.966 bits per heavy atom. The largest absolute Gasteiger partial charge is 0.490 e. The molecule has 0 unspecified atom stereocenters. The number of nitrogens with zero attached hydrogens (tertiary/aromatic N) is 2. The summed E-state index contributed by atoms with van der Waals surface area (Å²) in [5, 5.41) is 0. The van der Waals surface area contributed by atoms with Crippen molar-refractivity contribution >= 4 is 11.6 Å². The maximum atomic E-state index is 13.2. The average molecular weight is 400 g/mol. The second-order valence-electron chi connectivity index (χ2n) is 7.05. The fraction of sp³-hybridized carbons (Fsp3) is 0.435. The van der Waals surface area contributed by atoms with E-state index in [0.29, 0.717) is 49.9 Å². The summed E-state index contributed by atoms with van der Waals surface area (Å²) < 4.78 is 24.6. The van der Waals surface area contributed by atoms with Crippen LogP contribution in [0.15, 0.2) is 42.5 Å². The molecule has 1 saturated heterocycles. The maximum Gasteiger partial charge on any atom is 0.254 e. The summed E-state index contributed by atoms with van der Waals surface area (Å²) in [4.78, 5) is 17.2. The van der Waals surface area contributed by atoms with Gasteiger partial charge in [-0.1, -0.05) is 6.92 Å². The predicted molar refractivity (Wildman–Crippen MR) is 113 cm³/mol. The van der Waals surface area contributed by atoms with E-state index >= 15 is 0 Å². The lowest BCUT2D eigenvalue weighted by Crippen LogP contribution is -2.35. The third kappa shape index (κ3) is 5.40. The molecule has 0 radical (unpaired) electrons. The van der Waals surface area contributed by atoms with Crippen LogP contribution in [0.1, 0.15) is 37.0 Å². The van der Waals surface area contributed by atoms with Gasteiger partial charge < -0.3 is 19.3 Å². The molecule has 0 saturated carbocycles. The van der Waals surface area contributed by atoms with Crippen molar-refractivity contribution in [1.82, 2.24) is 4.90 Å². The molecule has 0 aliphatic carbocycles. The molecule has 3 rings (SSSR count). The Balaban J connectivity index is 1.69. The van der Waals surface area contributed by atoms with Crippen molar-refractivity contribution in [2.24, 2.45) is 0 Å². The summed E-state index contributed by atoms with van der Waals surface area (Å²) in [6.45, 7) is 7.94. The molecule has 1 fully saturated rings. The van der Waals surface area contributed by atoms with Crippen LogP contribution < -0.4 is 14.4 Å². The van der Waals surface area contributed by atoms with Crippen molar-refractivity contribution in [2.75, 3.05) is 44.3 Å². The van der Waals surface area contributed by atoms with Crippen molar-refractivity contribution < 1.29 is 18.7 Å². The van der Waals surface area contributed by atoms with Gasteiger partial charge in [0, 0.05) is 37.4 Å². The molecular formula is C23H29FN2O3. The molecule has 0 atom stereocenters. The molecule has 156 valence electrons. The van der Waals surface area contributed by atoms with Gasteiger partial charge in [0.2, 0.25) is 0 Å². The first-order valence-corrected chi connectivity index (χ1v) is 10.3. The molecule has 5 nitrogen and oxygen atoms in total. The fourth-order valence-corrected chi connectivity index (χ4v) is 3.45. The van der Waals surface area contributed by atoms with Crippen LogP contribution in [0.5, 0.6) is 11.5 Å². The number of benzene rings is 2. The minimum atomic E-state index is -0.239. The van der Waals surface area contributed by atoms with Crippen molar-refractivity contribution in [3.8, 4) is 11.5 Å². The van der Waals surface area contributed by atoms with Crippen molar-refractivity contribution in [3.05, 3.63) is 53.8 Å². The zero-order valence-corrected chi connectivity index (χ0v) is 17.2. The van der Waals surface area contributed by atoms with Crippen LogP contribution in [0, 0.1) is 5.82 Å². The summed E-state index contributed by atoms with van der Waals surface area (Å²) in [5.41, 5.74) is 1.59. The summed E-state index contributed by atoms with van der Waals surface area (Å²) in [6.07, 6.45) is 1.77. The Labute approximate surface area is 172 Å². The molecular weight excluding hydrogens is 371 g/mol. The standard InChI is InChI=1S/C23H29FN2O3/c1-3-16-29-21-11-6-18(17-22(21)28-4-2)23(27)26-13-5-12-25(14-15-26)20-9-7-19(24)8-10-20/h6-11,17H,3-5,12-16H2,1-2H3. The van der Waals surface area contributed by atoms with E-state index in [-0.39, 0.29) is 11.7 Å². The van der Waals surface area contributed by atoms with E-state index in [2.05, 4.69) is 4.90 Å². The molecule has 2 aromatic rings. The highest BCUT2D eigenvalue weighted by molar-refractivity contribution is 5.95. The first-order valence-electron chi connectivity index (χ1n) is 10.3. The van der Waals surface area contributed by atoms with Crippen LogP contribution in [0.3, 0.4) is 0 Å². The molecule has 0 aromatic heterocycles. The number of hydrogen-bond acceptors (Lipinski definition) is 4. The molecule has 2 aromatic carbocycles. The first-order chi connectivity index (χ1) is 14.1. The number of anilines is 1. The summed E-state index contributed by atoms with van der Waals surface area (Å²) >= 11 is 0. The van der Waals surface area contributed by atoms with Gasteiger partial charge in [0.05, 0.1) is 13.2 Å². The molecule has 6 heteroatoms. The second-order valence-corrected chi connectivity index (χ2v) is 7.05. The number of hydrogen-bond donors (Lipinski definition) is 0. The SMILES string of the molecule is CCCOc1ccc(C(=O)N2CCCN(c3ccc(F)cc3)CC2)cc1OCC. The third-order valence-electron chi connectivity index (χ3n) is 4.93. The maximum absolute atomic E-state index is 13.2. The number of rotatable bonds is 7. The zero-order valence-electron chi connectivity index (χ0n) is 17.2. The Kier molecular flexibility index (Phi) is 7.33. The minimum absolute atomic E-state index is 0.00560. The normalized spacial score (nSPS) is 14.4. The Morgan fingerprint density at radius 3 is 2.48 bits per heavy atom. The second kappa shape index (κ2) is 10.1. The zero-order chi connectivity index (χ0) is 20.6. The smallest absolute Gasteiger partial charge is 0.254 e. The van der Waals surface area contributed by atoms with Crippen LogP contribution in [0.25, 0.3) is 0 Å². The van der Waals surface area contributed by atoms with Gasteiger partial charge in [-0.05, 0) is 62.2 Å². The fourth-order valence-electron chi connectivity index (χ4n) is 3.45. The first kappa shape index (κ1) is 21.0. The monoisotopic (exact) mass is 400 g/mol. The molecule has 0 spiro atoms. The van der Waals surface area contributed by atoms with Gasteiger partial charge >= 0.3 is 0 Å². The van der Waals surface area contributed by atoms with E-state index in [1.165, 1.54) is 12.1 Å². The molecule has 1 heterocycles. The quantitative estimate of drug-likeness (QED) is 0.692. The number of carbonyl (C=O) groups excluding carboxylic acids is 1. The van der Waals surface area contributed by atoms with Gasteiger partial charge in [0.25, 0.3) is 5.91 Å². The highest BCUT2D eigenvalue weighted by Crippen LogP contribution is 2.29. The van der Waals surface area contributed by atoms with Crippen LogP contribution in [0.4, 0.5) is 10.1 Å². The van der Waals surface area contributed by atoms with E-state index in [9.17, 15) is 9.18 Å². The van der Waals surface area contributed by atoms with Gasteiger partial charge in [-0.3, -0.25) is 4.79 Å². The molecule has 0 N–H and O–H groups in total. The van der Waals surface area contributed by atoms with Crippen LogP contribution in [0.2, 0.25) is 0 Å². The van der Waals surface area contributed by atoms with Gasteiger partial charge in [-0.25, -0.2) is 4.39 Å². The molecule has 0 bridgehead atoms. The van der Waals surface area contributed by atoms with Gasteiger partial charge in [-0.2, -0.15) is 0 Å². The van der Waals surface area contributed by atoms with Crippen molar-refractivity contribution in [2.45, 2.75) is 26.7 Å². The molecule has 29 heavy (non-hydrogen) atoms. The van der Waals surface area contributed by atoms with Gasteiger partial charge in [0.1, 0.15) is 5.82 Å². The number of carbonyl (C=O) groups is 1. The number of amides is 1. The number of halogens is 1. The predicted octanol–water partition coefficient (Wildman–Crippen LogP) is 4.37. The van der Waals surface area contributed by atoms with Crippen LogP contribution >= 0.6 is 0 Å². The third-order valence-corrected chi connectivity index (χ3v) is 4.93. The summed E-state index contributed by atoms with van der Waals surface area (Å²) in [7, 11) is 0. The Bertz CT molecular complexity index is 810. The van der Waals surface area contributed by atoms with Gasteiger partial charge in [0.15, 0.2) is 11.5 Å². The minimum Gasteiger partial charge on any atom is -0.490 e. The summed E-state index contributed by atoms with van der Waals surface area (Å²) in [6, 6.07) is 11.9. The van der Waals surface area contributed by atoms with Gasteiger partial charge in [-0.15, -0.1) is 0 Å². The summed E-state index contributed by atoms with van der Waals surface area (Å²) in [5.74, 6) is 1.03. The van der Waals surface area contributed by atoms with Crippen molar-refractivity contribution in [1.29, 1.82) is 0 Å². The van der Waals surface area contributed by atoms with Crippen LogP contribution in [-0.2, 0) is 0 Å². The Hall–Kier alpha value is -2.76. The lowest BCUT2D eigenvalue weighted by molar-refractivity contribution is 0.0766. The van der Waals surface area contributed by atoms with E-state index in [1.807, 2.05) is 24.8 Å². The van der Waals surface area contributed by atoms with E-state index in [0.717, 1.165) is 25.1 Å². The van der Waals surface area contributed by atoms with Crippen LogP contribution in [-0.4, -0.2) is 50.2 Å². The highest BCUT2D eigenvalue weighted by atomic mass is 19.1. The topological polar surface area (TPSA) is 42.0 Å². The van der Waals surface area contributed by atoms with E-state index in [1.54, 1.807) is 24.3 Å². The lowest BCUT2D eigenvalue weighted by atomic mass is 10.1. The van der Waals surface area contributed by atoms with Crippen molar-refractivity contribution in [3.63, 3.8) is 0 Å². The molecule has 1 aliphatic rings. The van der Waals surface area contributed by atoms with E-state index in [4.69, 9.17) is 9.47 Å². The Morgan fingerprint density at radius 2 is 1.76 bits per heavy atom. The molecule has 1 aliphatic heterocycles.